The molecule has 0 bridgehead atoms. The van der Waals surface area contributed by atoms with Crippen LogP contribution in [0.1, 0.15) is 32.6 Å². The molecule has 5 nitrogen and oxygen atoms in total. The monoisotopic (exact) mass is 418 g/mol. The third-order valence-corrected chi connectivity index (χ3v) is 5.56. The molecular formula is C24H19ClN2O3. The number of aryl methyl sites for hydroxylation is 1. The Kier molecular flexibility index (Phi) is 4.77. The van der Waals surface area contributed by atoms with E-state index in [0.29, 0.717) is 41.9 Å². The Hall–Kier alpha value is -3.15. The van der Waals surface area contributed by atoms with E-state index >= 15 is 0 Å². The lowest BCUT2D eigenvalue weighted by Crippen LogP contribution is -2.31. The van der Waals surface area contributed by atoms with Gasteiger partial charge in [-0.2, -0.15) is 0 Å². The predicted octanol–water partition coefficient (Wildman–Crippen LogP) is 5.01. The Morgan fingerprint density at radius 2 is 1.93 bits per heavy atom. The number of benzene rings is 2. The largest absolute Gasteiger partial charge is 0.478 e. The van der Waals surface area contributed by atoms with Crippen LogP contribution in [0, 0.1) is 6.92 Å². The van der Waals surface area contributed by atoms with E-state index in [1.165, 1.54) is 0 Å². The summed E-state index contributed by atoms with van der Waals surface area (Å²) < 4.78 is 12.1. The standard InChI is InChI=1S/C24H19ClN2O3/c1-15-10-20-19(13-27(14-29-20)12-17-2-4-18(25)5-3-17)24-22(15)23(28)21(30-24)11-16-6-8-26-9-7-16/h2-11H,12-14H2,1H3/b21-11-. The fraction of sp³-hybridized carbons (Fsp3) is 0.167. The summed E-state index contributed by atoms with van der Waals surface area (Å²) in [6, 6.07) is 13.4. The van der Waals surface area contributed by atoms with Gasteiger partial charge in [-0.15, -0.1) is 0 Å². The third-order valence-electron chi connectivity index (χ3n) is 5.31. The molecule has 5 rings (SSSR count). The van der Waals surface area contributed by atoms with Gasteiger partial charge in [-0.25, -0.2) is 0 Å². The van der Waals surface area contributed by atoms with Crippen LogP contribution in [0.5, 0.6) is 11.5 Å². The number of pyridine rings is 1. The van der Waals surface area contributed by atoms with Crippen LogP contribution in [0.4, 0.5) is 0 Å². The molecule has 1 aromatic heterocycles. The van der Waals surface area contributed by atoms with Crippen LogP contribution in [0.15, 0.2) is 60.6 Å². The van der Waals surface area contributed by atoms with Crippen molar-refractivity contribution in [3.05, 3.63) is 93.5 Å². The molecule has 0 aliphatic carbocycles. The minimum Gasteiger partial charge on any atom is -0.478 e. The van der Waals surface area contributed by atoms with Gasteiger partial charge in [0.15, 0.2) is 5.76 Å². The van der Waals surface area contributed by atoms with Crippen LogP contribution >= 0.6 is 11.6 Å². The summed E-state index contributed by atoms with van der Waals surface area (Å²) in [5.41, 5.74) is 4.39. The van der Waals surface area contributed by atoms with E-state index in [0.717, 1.165) is 28.0 Å². The van der Waals surface area contributed by atoms with Gasteiger partial charge < -0.3 is 9.47 Å². The van der Waals surface area contributed by atoms with Gasteiger partial charge in [0, 0.05) is 30.5 Å². The van der Waals surface area contributed by atoms with Crippen molar-refractivity contribution in [2.75, 3.05) is 6.73 Å². The number of hydrogen-bond donors (Lipinski definition) is 0. The molecular weight excluding hydrogens is 400 g/mol. The Bertz CT molecular complexity index is 1160. The maximum atomic E-state index is 13.0. The zero-order chi connectivity index (χ0) is 20.7. The highest BCUT2D eigenvalue weighted by atomic mass is 35.5. The molecule has 2 aliphatic rings. The first-order valence-electron chi connectivity index (χ1n) is 9.69. The molecule has 0 spiro atoms. The van der Waals surface area contributed by atoms with Crippen molar-refractivity contribution in [3.63, 3.8) is 0 Å². The van der Waals surface area contributed by atoms with Crippen LogP contribution in [0.25, 0.3) is 6.08 Å². The minimum atomic E-state index is -0.100. The number of allylic oxidation sites excluding steroid dienone is 1. The number of carbonyl (C=O) groups is 1. The number of hydrogen-bond acceptors (Lipinski definition) is 5. The molecule has 0 N–H and O–H groups in total. The van der Waals surface area contributed by atoms with Crippen molar-refractivity contribution in [2.45, 2.75) is 20.0 Å². The van der Waals surface area contributed by atoms with E-state index in [9.17, 15) is 4.79 Å². The lowest BCUT2D eigenvalue weighted by atomic mass is 9.98. The number of carbonyl (C=O) groups excluding carboxylic acids is 1. The van der Waals surface area contributed by atoms with E-state index in [4.69, 9.17) is 21.1 Å². The summed E-state index contributed by atoms with van der Waals surface area (Å²) in [6.07, 6.45) is 5.13. The molecule has 2 aliphatic heterocycles. The molecule has 0 fully saturated rings. The highest BCUT2D eigenvalue weighted by Gasteiger charge is 2.35. The average Bonchev–Trinajstić information content (AvgIpc) is 3.08. The van der Waals surface area contributed by atoms with Crippen molar-refractivity contribution in [2.24, 2.45) is 0 Å². The first-order valence-corrected chi connectivity index (χ1v) is 10.1. The van der Waals surface area contributed by atoms with Crippen LogP contribution in [-0.2, 0) is 13.1 Å². The smallest absolute Gasteiger partial charge is 0.232 e. The van der Waals surface area contributed by atoms with Crippen LogP contribution in [0.3, 0.4) is 0 Å². The van der Waals surface area contributed by atoms with Gasteiger partial charge in [-0.3, -0.25) is 14.7 Å². The summed E-state index contributed by atoms with van der Waals surface area (Å²) in [6.45, 7) is 3.74. The molecule has 0 saturated carbocycles. The number of ketones is 1. The Morgan fingerprint density at radius 3 is 2.70 bits per heavy atom. The van der Waals surface area contributed by atoms with Gasteiger partial charge in [0.1, 0.15) is 18.2 Å². The second-order valence-electron chi connectivity index (χ2n) is 7.48. The third kappa shape index (κ3) is 3.47. The molecule has 3 heterocycles. The van der Waals surface area contributed by atoms with Gasteiger partial charge in [-0.05, 0) is 60.0 Å². The van der Waals surface area contributed by atoms with Crippen molar-refractivity contribution in [1.82, 2.24) is 9.88 Å². The molecule has 0 atom stereocenters. The number of halogens is 1. The topological polar surface area (TPSA) is 51.7 Å². The summed E-state index contributed by atoms with van der Waals surface area (Å²) in [7, 11) is 0. The molecule has 2 aromatic carbocycles. The van der Waals surface area contributed by atoms with Crippen molar-refractivity contribution < 1.29 is 14.3 Å². The number of Topliss-reactive ketones (excluding diaryl/α,β-unsaturated/α-hetero) is 1. The maximum absolute atomic E-state index is 13.0. The van der Waals surface area contributed by atoms with Crippen molar-refractivity contribution in [1.29, 1.82) is 0 Å². The summed E-state index contributed by atoms with van der Waals surface area (Å²) in [4.78, 5) is 19.2. The molecule has 0 radical (unpaired) electrons. The van der Waals surface area contributed by atoms with Crippen LogP contribution < -0.4 is 9.47 Å². The Morgan fingerprint density at radius 1 is 1.17 bits per heavy atom. The maximum Gasteiger partial charge on any atom is 0.232 e. The number of ether oxygens (including phenoxy) is 2. The second-order valence-corrected chi connectivity index (χ2v) is 7.92. The summed E-state index contributed by atoms with van der Waals surface area (Å²) >= 11 is 5.99. The number of fused-ring (bicyclic) bond motifs is 3. The van der Waals surface area contributed by atoms with Gasteiger partial charge in [0.05, 0.1) is 11.1 Å². The lowest BCUT2D eigenvalue weighted by molar-refractivity contribution is 0.0872. The quantitative estimate of drug-likeness (QED) is 0.559. The van der Waals surface area contributed by atoms with E-state index in [1.807, 2.05) is 49.4 Å². The molecule has 0 saturated heterocycles. The fourth-order valence-electron chi connectivity index (χ4n) is 3.84. The molecule has 0 unspecified atom stereocenters. The van der Waals surface area contributed by atoms with Crippen molar-refractivity contribution >= 4 is 23.5 Å². The van der Waals surface area contributed by atoms with E-state index < -0.39 is 0 Å². The minimum absolute atomic E-state index is 0.100. The average molecular weight is 419 g/mol. The first-order chi connectivity index (χ1) is 14.6. The highest BCUT2D eigenvalue weighted by Crippen LogP contribution is 2.44. The number of nitrogens with zero attached hydrogens (tertiary/aromatic N) is 2. The molecule has 6 heteroatoms. The first kappa shape index (κ1) is 18.9. The molecule has 0 amide bonds. The SMILES string of the molecule is Cc1cc2c(c3c1C(=O)/C(=C/c1ccncc1)O3)CN(Cc1ccc(Cl)cc1)CO2. The van der Waals surface area contributed by atoms with Gasteiger partial charge >= 0.3 is 0 Å². The van der Waals surface area contributed by atoms with Gasteiger partial charge in [0.25, 0.3) is 0 Å². The fourth-order valence-corrected chi connectivity index (χ4v) is 3.96. The van der Waals surface area contributed by atoms with E-state index in [2.05, 4.69) is 9.88 Å². The van der Waals surface area contributed by atoms with Gasteiger partial charge in [0.2, 0.25) is 5.78 Å². The van der Waals surface area contributed by atoms with E-state index in [-0.39, 0.29) is 5.78 Å². The summed E-state index contributed by atoms with van der Waals surface area (Å²) in [5, 5.41) is 0.715. The highest BCUT2D eigenvalue weighted by molar-refractivity contribution is 6.30. The lowest BCUT2D eigenvalue weighted by Gasteiger charge is -2.30. The Balaban J connectivity index is 1.46. The predicted molar refractivity (Wildman–Crippen MR) is 115 cm³/mol. The normalized spacial score (nSPS) is 16.7. The molecule has 30 heavy (non-hydrogen) atoms. The number of rotatable bonds is 3. The van der Waals surface area contributed by atoms with Crippen LogP contribution in [0.2, 0.25) is 5.02 Å². The molecule has 3 aromatic rings. The second kappa shape index (κ2) is 7.59. The van der Waals surface area contributed by atoms with Gasteiger partial charge in [-0.1, -0.05) is 23.7 Å². The van der Waals surface area contributed by atoms with Crippen molar-refractivity contribution in [3.8, 4) is 11.5 Å². The number of aromatic nitrogens is 1. The van der Waals surface area contributed by atoms with E-state index in [1.54, 1.807) is 18.5 Å². The summed E-state index contributed by atoms with van der Waals surface area (Å²) in [5.74, 6) is 1.60. The van der Waals surface area contributed by atoms with Crippen LogP contribution in [-0.4, -0.2) is 22.4 Å². The molecule has 150 valence electrons. The zero-order valence-corrected chi connectivity index (χ0v) is 17.1. The Labute approximate surface area is 179 Å². The zero-order valence-electron chi connectivity index (χ0n) is 16.4.